The van der Waals surface area contributed by atoms with Gasteiger partial charge < -0.3 is 14.8 Å². The van der Waals surface area contributed by atoms with Crippen LogP contribution in [0.2, 0.25) is 0 Å². The third-order valence-corrected chi connectivity index (χ3v) is 3.90. The molecule has 0 spiro atoms. The quantitative estimate of drug-likeness (QED) is 0.894. The molecule has 5 nitrogen and oxygen atoms in total. The van der Waals surface area contributed by atoms with Gasteiger partial charge in [0.15, 0.2) is 5.82 Å². The van der Waals surface area contributed by atoms with E-state index in [0.29, 0.717) is 24.8 Å². The van der Waals surface area contributed by atoms with Crippen molar-refractivity contribution in [2.24, 2.45) is 11.7 Å². The number of hydrogen-bond donors (Lipinski definition) is 1. The van der Waals surface area contributed by atoms with Gasteiger partial charge in [0.25, 0.3) is 0 Å². The molecule has 0 aromatic carbocycles. The summed E-state index contributed by atoms with van der Waals surface area (Å²) in [5.41, 5.74) is 5.53. The largest absolute Gasteiger partial charge is 0.343 e. The first-order valence-corrected chi connectivity index (χ1v) is 7.03. The van der Waals surface area contributed by atoms with E-state index < -0.39 is 0 Å². The molecule has 2 N–H and O–H groups in total. The van der Waals surface area contributed by atoms with E-state index in [2.05, 4.69) is 27.1 Å². The average Bonchev–Trinajstić information content (AvgIpc) is 3.13. The second kappa shape index (κ2) is 5.57. The van der Waals surface area contributed by atoms with Crippen molar-refractivity contribution in [3.05, 3.63) is 36.2 Å². The molecular weight excluding hydrogens is 240 g/mol. The minimum atomic E-state index is 0.202. The Hall–Kier alpha value is -1.62. The second-order valence-corrected chi connectivity index (χ2v) is 5.20. The molecule has 1 aliphatic carbocycles. The summed E-state index contributed by atoms with van der Waals surface area (Å²) >= 11 is 0. The van der Waals surface area contributed by atoms with Crippen LogP contribution in [0.3, 0.4) is 0 Å². The predicted molar refractivity (Wildman–Crippen MR) is 71.6 cm³/mol. The van der Waals surface area contributed by atoms with E-state index in [1.54, 1.807) is 0 Å². The first-order valence-electron chi connectivity index (χ1n) is 7.03. The maximum atomic E-state index is 5.53. The van der Waals surface area contributed by atoms with E-state index >= 15 is 0 Å². The SMILES string of the molecule is NCCc1nc(C(C2CCCC2)n2cccc2)no1. The summed E-state index contributed by atoms with van der Waals surface area (Å²) in [6, 6.07) is 4.29. The molecule has 19 heavy (non-hydrogen) atoms. The van der Waals surface area contributed by atoms with Gasteiger partial charge in [-0.1, -0.05) is 18.0 Å². The lowest BCUT2D eigenvalue weighted by atomic mass is 9.97. The minimum absolute atomic E-state index is 0.202. The van der Waals surface area contributed by atoms with Gasteiger partial charge in [0.1, 0.15) is 0 Å². The fourth-order valence-corrected chi connectivity index (χ4v) is 3.01. The number of hydrogen-bond acceptors (Lipinski definition) is 4. The molecule has 2 heterocycles. The molecule has 1 atom stereocenters. The standard InChI is InChI=1S/C14H20N4O/c15-8-7-12-16-14(17-19-12)13(11-5-1-2-6-11)18-9-3-4-10-18/h3-4,9-11,13H,1-2,5-8,15H2. The average molecular weight is 260 g/mol. The highest BCUT2D eigenvalue weighted by Crippen LogP contribution is 2.37. The van der Waals surface area contributed by atoms with Gasteiger partial charge in [-0.15, -0.1) is 0 Å². The highest BCUT2D eigenvalue weighted by Gasteiger charge is 2.30. The predicted octanol–water partition coefficient (Wildman–Crippen LogP) is 2.15. The molecule has 3 rings (SSSR count). The van der Waals surface area contributed by atoms with Crippen molar-refractivity contribution in [2.45, 2.75) is 38.1 Å². The second-order valence-electron chi connectivity index (χ2n) is 5.20. The number of nitrogens with two attached hydrogens (primary N) is 1. The summed E-state index contributed by atoms with van der Waals surface area (Å²) in [4.78, 5) is 4.52. The van der Waals surface area contributed by atoms with Crippen LogP contribution in [0.25, 0.3) is 0 Å². The van der Waals surface area contributed by atoms with Crippen LogP contribution in [0.1, 0.15) is 43.4 Å². The Kier molecular flexibility index (Phi) is 3.64. The molecule has 1 aliphatic rings. The molecule has 2 aromatic heterocycles. The first-order chi connectivity index (χ1) is 9.38. The fourth-order valence-electron chi connectivity index (χ4n) is 3.01. The topological polar surface area (TPSA) is 69.9 Å². The van der Waals surface area contributed by atoms with Gasteiger partial charge in [-0.3, -0.25) is 0 Å². The van der Waals surface area contributed by atoms with E-state index in [1.165, 1.54) is 25.7 Å². The zero-order chi connectivity index (χ0) is 13.1. The Bertz CT molecular complexity index is 499. The highest BCUT2D eigenvalue weighted by atomic mass is 16.5. The Morgan fingerprint density at radius 1 is 1.32 bits per heavy atom. The van der Waals surface area contributed by atoms with Gasteiger partial charge in [0.2, 0.25) is 5.89 Å². The summed E-state index contributed by atoms with van der Waals surface area (Å²) in [6.45, 7) is 0.541. The Morgan fingerprint density at radius 2 is 2.05 bits per heavy atom. The number of rotatable bonds is 5. The molecule has 5 heteroatoms. The van der Waals surface area contributed by atoms with E-state index in [4.69, 9.17) is 10.3 Å². The molecule has 1 saturated carbocycles. The van der Waals surface area contributed by atoms with Crippen LogP contribution in [0.4, 0.5) is 0 Å². The molecule has 0 aliphatic heterocycles. The van der Waals surface area contributed by atoms with Gasteiger partial charge in [0.05, 0.1) is 6.04 Å². The van der Waals surface area contributed by atoms with Crippen molar-refractivity contribution in [1.29, 1.82) is 0 Å². The van der Waals surface area contributed by atoms with Crippen molar-refractivity contribution >= 4 is 0 Å². The summed E-state index contributed by atoms with van der Waals surface area (Å²) in [6.07, 6.45) is 9.90. The van der Waals surface area contributed by atoms with Gasteiger partial charge in [-0.25, -0.2) is 0 Å². The Balaban J connectivity index is 1.89. The van der Waals surface area contributed by atoms with Crippen molar-refractivity contribution in [2.75, 3.05) is 6.54 Å². The fraction of sp³-hybridized carbons (Fsp3) is 0.571. The van der Waals surface area contributed by atoms with Crippen molar-refractivity contribution < 1.29 is 4.52 Å². The van der Waals surface area contributed by atoms with Crippen LogP contribution in [0.15, 0.2) is 29.0 Å². The highest BCUT2D eigenvalue weighted by molar-refractivity contribution is 5.05. The van der Waals surface area contributed by atoms with Crippen LogP contribution >= 0.6 is 0 Å². The van der Waals surface area contributed by atoms with Crippen LogP contribution in [-0.2, 0) is 6.42 Å². The molecule has 0 saturated heterocycles. The molecule has 2 aromatic rings. The maximum Gasteiger partial charge on any atom is 0.227 e. The van der Waals surface area contributed by atoms with E-state index in [9.17, 15) is 0 Å². The number of nitrogens with zero attached hydrogens (tertiary/aromatic N) is 3. The van der Waals surface area contributed by atoms with Crippen LogP contribution in [0, 0.1) is 5.92 Å². The van der Waals surface area contributed by atoms with Crippen LogP contribution in [-0.4, -0.2) is 21.3 Å². The smallest absolute Gasteiger partial charge is 0.227 e. The van der Waals surface area contributed by atoms with Crippen LogP contribution in [0.5, 0.6) is 0 Å². The lowest BCUT2D eigenvalue weighted by molar-refractivity contribution is 0.335. The van der Waals surface area contributed by atoms with Gasteiger partial charge >= 0.3 is 0 Å². The molecule has 102 valence electrons. The molecule has 0 amide bonds. The first kappa shape index (κ1) is 12.4. The lowest BCUT2D eigenvalue weighted by Gasteiger charge is -2.21. The lowest BCUT2D eigenvalue weighted by Crippen LogP contribution is -2.19. The zero-order valence-corrected chi connectivity index (χ0v) is 11.0. The molecule has 1 fully saturated rings. The third kappa shape index (κ3) is 2.56. The van der Waals surface area contributed by atoms with E-state index in [-0.39, 0.29) is 6.04 Å². The van der Waals surface area contributed by atoms with Gasteiger partial charge in [-0.2, -0.15) is 4.98 Å². The maximum absolute atomic E-state index is 5.53. The van der Waals surface area contributed by atoms with Crippen molar-refractivity contribution in [3.63, 3.8) is 0 Å². The summed E-state index contributed by atoms with van der Waals surface area (Å²) in [5, 5.41) is 4.17. The summed E-state index contributed by atoms with van der Waals surface area (Å²) < 4.78 is 7.49. The van der Waals surface area contributed by atoms with E-state index in [0.717, 1.165) is 5.82 Å². The minimum Gasteiger partial charge on any atom is -0.343 e. The van der Waals surface area contributed by atoms with Crippen LogP contribution < -0.4 is 5.73 Å². The third-order valence-electron chi connectivity index (χ3n) is 3.90. The Labute approximate surface area is 112 Å². The van der Waals surface area contributed by atoms with Crippen molar-refractivity contribution in [3.8, 4) is 0 Å². The molecule has 0 bridgehead atoms. The van der Waals surface area contributed by atoms with Crippen molar-refractivity contribution in [1.82, 2.24) is 14.7 Å². The van der Waals surface area contributed by atoms with Gasteiger partial charge in [-0.05, 0) is 30.9 Å². The molecular formula is C14H20N4O. The molecule has 1 unspecified atom stereocenters. The Morgan fingerprint density at radius 3 is 2.74 bits per heavy atom. The van der Waals surface area contributed by atoms with Gasteiger partial charge in [0, 0.05) is 25.4 Å². The summed E-state index contributed by atoms with van der Waals surface area (Å²) in [5.74, 6) is 2.05. The summed E-state index contributed by atoms with van der Waals surface area (Å²) in [7, 11) is 0. The number of aromatic nitrogens is 3. The normalized spacial score (nSPS) is 17.9. The monoisotopic (exact) mass is 260 g/mol. The molecule has 0 radical (unpaired) electrons. The van der Waals surface area contributed by atoms with E-state index in [1.807, 2.05) is 12.1 Å². The zero-order valence-electron chi connectivity index (χ0n) is 11.0.